The van der Waals surface area contributed by atoms with Gasteiger partial charge in [0.15, 0.2) is 0 Å². The maximum absolute atomic E-state index is 5.52. The number of nitrogens with one attached hydrogen (secondary N) is 1. The van der Waals surface area contributed by atoms with E-state index in [-0.39, 0.29) is 0 Å². The van der Waals surface area contributed by atoms with Gasteiger partial charge in [0.2, 0.25) is 0 Å². The van der Waals surface area contributed by atoms with E-state index in [0.717, 1.165) is 11.5 Å². The topological polar surface area (TPSA) is 50.4 Å². The fraction of sp³-hybridized carbons (Fsp3) is 0.133. The van der Waals surface area contributed by atoms with E-state index in [0.29, 0.717) is 6.42 Å². The Balaban J connectivity index is 2.15. The zero-order chi connectivity index (χ0) is 12.8. The van der Waals surface area contributed by atoms with Crippen LogP contribution in [0.3, 0.4) is 0 Å². The number of benzene rings is 2. The lowest BCUT2D eigenvalue weighted by molar-refractivity contribution is 0.988. The number of aliphatic imine (C=N–C) groups is 1. The van der Waals surface area contributed by atoms with Gasteiger partial charge in [-0.1, -0.05) is 48.0 Å². The molecule has 0 bridgehead atoms. The van der Waals surface area contributed by atoms with E-state index in [1.807, 2.05) is 30.3 Å². The lowest BCUT2D eigenvalue weighted by Crippen LogP contribution is -2.31. The molecule has 0 heterocycles. The third-order valence-corrected chi connectivity index (χ3v) is 2.68. The predicted octanol–water partition coefficient (Wildman–Crippen LogP) is 2.73. The quantitative estimate of drug-likeness (QED) is 0.374. The van der Waals surface area contributed by atoms with Crippen LogP contribution in [0, 0.1) is 6.92 Å². The van der Waals surface area contributed by atoms with Gasteiger partial charge in [0, 0.05) is 6.42 Å². The van der Waals surface area contributed by atoms with Gasteiger partial charge in [-0.3, -0.25) is 0 Å². The van der Waals surface area contributed by atoms with Crippen molar-refractivity contribution in [3.8, 4) is 0 Å². The van der Waals surface area contributed by atoms with Crippen molar-refractivity contribution in [1.82, 2.24) is 5.43 Å². The highest BCUT2D eigenvalue weighted by Gasteiger charge is 2.00. The second-order valence-corrected chi connectivity index (χ2v) is 4.20. The van der Waals surface area contributed by atoms with Crippen LogP contribution in [0.2, 0.25) is 0 Å². The summed E-state index contributed by atoms with van der Waals surface area (Å²) in [5.74, 6) is 6.27. The summed E-state index contributed by atoms with van der Waals surface area (Å²) in [6, 6.07) is 18.1. The van der Waals surface area contributed by atoms with E-state index in [4.69, 9.17) is 5.84 Å². The molecule has 0 atom stereocenters. The zero-order valence-electron chi connectivity index (χ0n) is 10.4. The van der Waals surface area contributed by atoms with E-state index < -0.39 is 0 Å². The molecule has 0 saturated heterocycles. The molecule has 0 amide bonds. The Hall–Kier alpha value is -2.13. The number of aryl methyl sites for hydroxylation is 1. The van der Waals surface area contributed by atoms with Crippen molar-refractivity contribution in [1.29, 1.82) is 0 Å². The summed E-state index contributed by atoms with van der Waals surface area (Å²) < 4.78 is 0. The molecule has 0 fully saturated rings. The number of rotatable bonds is 3. The van der Waals surface area contributed by atoms with Gasteiger partial charge in [-0.25, -0.2) is 10.8 Å². The maximum atomic E-state index is 5.52. The Morgan fingerprint density at radius 3 is 2.33 bits per heavy atom. The summed E-state index contributed by atoms with van der Waals surface area (Å²) in [5, 5.41) is 0. The average Bonchev–Trinajstić information content (AvgIpc) is 2.41. The third kappa shape index (κ3) is 3.43. The molecule has 0 aromatic heterocycles. The number of nitrogens with zero attached hydrogens (tertiary/aromatic N) is 1. The molecule has 0 unspecified atom stereocenters. The first-order valence-corrected chi connectivity index (χ1v) is 5.93. The van der Waals surface area contributed by atoms with Crippen LogP contribution < -0.4 is 11.3 Å². The van der Waals surface area contributed by atoms with Crippen molar-refractivity contribution < 1.29 is 0 Å². The largest absolute Gasteiger partial charge is 0.312 e. The van der Waals surface area contributed by atoms with Gasteiger partial charge in [0.05, 0.1) is 5.69 Å². The molecule has 92 valence electrons. The first kappa shape index (κ1) is 12.3. The lowest BCUT2D eigenvalue weighted by Gasteiger charge is -2.06. The predicted molar refractivity (Wildman–Crippen MR) is 75.7 cm³/mol. The van der Waals surface area contributed by atoms with Crippen LogP contribution in [0.15, 0.2) is 59.6 Å². The Morgan fingerprint density at radius 1 is 1.06 bits per heavy atom. The van der Waals surface area contributed by atoms with Crippen molar-refractivity contribution in [2.24, 2.45) is 10.8 Å². The Morgan fingerprint density at radius 2 is 1.72 bits per heavy atom. The Labute approximate surface area is 107 Å². The highest BCUT2D eigenvalue weighted by molar-refractivity contribution is 5.86. The lowest BCUT2D eigenvalue weighted by atomic mass is 10.1. The van der Waals surface area contributed by atoms with Crippen LogP contribution in [-0.2, 0) is 6.42 Å². The van der Waals surface area contributed by atoms with Crippen LogP contribution in [0.25, 0.3) is 0 Å². The SMILES string of the molecule is Cc1ccc(CC(=Nc2ccccc2)NN)cc1. The Kier molecular flexibility index (Phi) is 4.10. The molecule has 2 aromatic carbocycles. The summed E-state index contributed by atoms with van der Waals surface area (Å²) >= 11 is 0. The van der Waals surface area contributed by atoms with Gasteiger partial charge in [-0.2, -0.15) is 0 Å². The van der Waals surface area contributed by atoms with Crippen LogP contribution in [0.1, 0.15) is 11.1 Å². The first-order valence-electron chi connectivity index (χ1n) is 5.93. The van der Waals surface area contributed by atoms with E-state index in [1.165, 1.54) is 11.1 Å². The number of para-hydroxylation sites is 1. The molecule has 0 saturated carbocycles. The minimum Gasteiger partial charge on any atom is -0.312 e. The molecule has 0 radical (unpaired) electrons. The average molecular weight is 239 g/mol. The van der Waals surface area contributed by atoms with Crippen molar-refractivity contribution in [3.63, 3.8) is 0 Å². The third-order valence-electron chi connectivity index (χ3n) is 2.68. The van der Waals surface area contributed by atoms with Gasteiger partial charge >= 0.3 is 0 Å². The Bertz CT molecular complexity index is 515. The second-order valence-electron chi connectivity index (χ2n) is 4.20. The highest BCUT2D eigenvalue weighted by Crippen LogP contribution is 2.11. The van der Waals surface area contributed by atoms with Crippen LogP contribution in [-0.4, -0.2) is 5.84 Å². The standard InChI is InChI=1S/C15H17N3/c1-12-7-9-13(10-8-12)11-15(18-16)17-14-5-3-2-4-6-14/h2-10H,11,16H2,1H3,(H,17,18). The summed E-state index contributed by atoms with van der Waals surface area (Å²) in [6.07, 6.45) is 0.700. The number of hydrogen-bond acceptors (Lipinski definition) is 2. The van der Waals surface area contributed by atoms with E-state index in [2.05, 4.69) is 41.6 Å². The van der Waals surface area contributed by atoms with Gasteiger partial charge in [-0.05, 0) is 24.6 Å². The molecular formula is C15H17N3. The molecule has 0 spiro atoms. The normalized spacial score (nSPS) is 11.3. The van der Waals surface area contributed by atoms with E-state index >= 15 is 0 Å². The maximum Gasteiger partial charge on any atom is 0.121 e. The molecule has 3 heteroatoms. The number of nitrogens with two attached hydrogens (primary N) is 1. The molecule has 2 rings (SSSR count). The minimum absolute atomic E-state index is 0.700. The fourth-order valence-corrected chi connectivity index (χ4v) is 1.68. The van der Waals surface area contributed by atoms with Crippen molar-refractivity contribution in [2.45, 2.75) is 13.3 Å². The smallest absolute Gasteiger partial charge is 0.121 e. The van der Waals surface area contributed by atoms with Crippen molar-refractivity contribution in [2.75, 3.05) is 0 Å². The van der Waals surface area contributed by atoms with Crippen molar-refractivity contribution >= 4 is 11.5 Å². The van der Waals surface area contributed by atoms with Crippen LogP contribution in [0.5, 0.6) is 0 Å². The summed E-state index contributed by atoms with van der Waals surface area (Å²) in [6.45, 7) is 2.07. The molecule has 0 aliphatic rings. The van der Waals surface area contributed by atoms with Crippen LogP contribution in [0.4, 0.5) is 5.69 Å². The molecule has 2 aromatic rings. The van der Waals surface area contributed by atoms with Gasteiger partial charge < -0.3 is 5.43 Å². The monoisotopic (exact) mass is 239 g/mol. The van der Waals surface area contributed by atoms with Crippen LogP contribution >= 0.6 is 0 Å². The number of hydrogen-bond donors (Lipinski definition) is 2. The molecule has 3 nitrogen and oxygen atoms in total. The molecular weight excluding hydrogens is 222 g/mol. The van der Waals surface area contributed by atoms with Gasteiger partial charge in [0.25, 0.3) is 0 Å². The van der Waals surface area contributed by atoms with E-state index in [9.17, 15) is 0 Å². The van der Waals surface area contributed by atoms with Crippen molar-refractivity contribution in [3.05, 3.63) is 65.7 Å². The van der Waals surface area contributed by atoms with Gasteiger partial charge in [-0.15, -0.1) is 0 Å². The van der Waals surface area contributed by atoms with Gasteiger partial charge in [0.1, 0.15) is 5.84 Å². The summed E-state index contributed by atoms with van der Waals surface area (Å²) in [7, 11) is 0. The van der Waals surface area contributed by atoms with E-state index in [1.54, 1.807) is 0 Å². The summed E-state index contributed by atoms with van der Waals surface area (Å²) in [4.78, 5) is 4.48. The first-order chi connectivity index (χ1) is 8.78. The molecule has 0 aliphatic carbocycles. The molecule has 3 N–H and O–H groups in total. The molecule has 18 heavy (non-hydrogen) atoms. The second kappa shape index (κ2) is 5.98. The highest BCUT2D eigenvalue weighted by atomic mass is 15.2. The number of amidine groups is 1. The number of hydrazine groups is 1. The molecule has 0 aliphatic heterocycles. The minimum atomic E-state index is 0.700. The zero-order valence-corrected chi connectivity index (χ0v) is 10.4. The fourth-order valence-electron chi connectivity index (χ4n) is 1.68. The summed E-state index contributed by atoms with van der Waals surface area (Å²) in [5.41, 5.74) is 6.00.